The topological polar surface area (TPSA) is 75.6 Å². The molecule has 0 amide bonds. The molecule has 0 saturated carbocycles. The molecule has 0 aliphatic carbocycles. The van der Waals surface area contributed by atoms with Crippen LogP contribution in [0, 0.1) is 0 Å². The summed E-state index contributed by atoms with van der Waals surface area (Å²) in [6.45, 7) is 3.61. The Morgan fingerprint density at radius 1 is 1.35 bits per heavy atom. The maximum atomic E-state index is 11.3. The van der Waals surface area contributed by atoms with E-state index in [1.807, 2.05) is 0 Å². The second-order valence-corrected chi connectivity index (χ2v) is 3.50. The first-order valence-corrected chi connectivity index (χ1v) is 5.31. The number of aliphatic carboxylic acids is 1. The van der Waals surface area contributed by atoms with Crippen LogP contribution in [0.5, 0.6) is 0 Å². The van der Waals surface area contributed by atoms with Crippen LogP contribution in [0.2, 0.25) is 0 Å². The van der Waals surface area contributed by atoms with Gasteiger partial charge in [-0.1, -0.05) is 0 Å². The van der Waals surface area contributed by atoms with Gasteiger partial charge in [0.25, 0.3) is 0 Å². The molecular formula is C12H15NO4. The monoisotopic (exact) mass is 237 g/mol. The number of carbonyl (C=O) groups excluding carboxylic acids is 1. The van der Waals surface area contributed by atoms with Crippen LogP contribution < -0.4 is 5.32 Å². The van der Waals surface area contributed by atoms with Gasteiger partial charge in [0.15, 0.2) is 0 Å². The van der Waals surface area contributed by atoms with E-state index in [2.05, 4.69) is 5.32 Å². The van der Waals surface area contributed by atoms with Crippen molar-refractivity contribution in [1.29, 1.82) is 0 Å². The fraction of sp³-hybridized carbons (Fsp3) is 0.333. The van der Waals surface area contributed by atoms with Crippen molar-refractivity contribution in [3.63, 3.8) is 0 Å². The summed E-state index contributed by atoms with van der Waals surface area (Å²) in [5, 5.41) is 11.5. The van der Waals surface area contributed by atoms with E-state index in [0.717, 1.165) is 0 Å². The summed E-state index contributed by atoms with van der Waals surface area (Å²) in [7, 11) is 0. The molecule has 5 nitrogen and oxygen atoms in total. The van der Waals surface area contributed by atoms with Crippen molar-refractivity contribution in [3.05, 3.63) is 29.8 Å². The molecule has 1 aromatic rings. The Morgan fingerprint density at radius 3 is 2.41 bits per heavy atom. The standard InChI is InChI=1S/C12H15NO4/c1-3-17-12(16)9-4-6-10(7-5-9)13-8(2)11(14)15/h4-8,13H,3H2,1-2H3,(H,14,15). The minimum absolute atomic E-state index is 0.328. The molecule has 0 bridgehead atoms. The van der Waals surface area contributed by atoms with Crippen molar-refractivity contribution in [2.24, 2.45) is 0 Å². The summed E-state index contributed by atoms with van der Waals surface area (Å²) in [6.07, 6.45) is 0. The zero-order chi connectivity index (χ0) is 12.8. The maximum Gasteiger partial charge on any atom is 0.338 e. The zero-order valence-electron chi connectivity index (χ0n) is 9.77. The number of carboxylic acid groups (broad SMARTS) is 1. The lowest BCUT2D eigenvalue weighted by molar-refractivity contribution is -0.137. The predicted molar refractivity (Wildman–Crippen MR) is 63.1 cm³/mol. The molecule has 1 atom stereocenters. The number of carbonyl (C=O) groups is 2. The summed E-state index contributed by atoms with van der Waals surface area (Å²) in [6, 6.07) is 5.80. The number of nitrogens with one attached hydrogen (secondary N) is 1. The summed E-state index contributed by atoms with van der Waals surface area (Å²) >= 11 is 0. The van der Waals surface area contributed by atoms with Gasteiger partial charge < -0.3 is 15.2 Å². The minimum atomic E-state index is -0.931. The number of anilines is 1. The third kappa shape index (κ3) is 3.79. The van der Waals surface area contributed by atoms with E-state index in [9.17, 15) is 9.59 Å². The molecule has 0 fully saturated rings. The molecule has 1 rings (SSSR count). The van der Waals surface area contributed by atoms with Crippen molar-refractivity contribution in [1.82, 2.24) is 0 Å². The lowest BCUT2D eigenvalue weighted by Gasteiger charge is -2.10. The molecule has 0 aliphatic rings. The highest BCUT2D eigenvalue weighted by atomic mass is 16.5. The molecule has 0 saturated heterocycles. The van der Waals surface area contributed by atoms with E-state index >= 15 is 0 Å². The molecule has 2 N–H and O–H groups in total. The number of benzene rings is 1. The van der Waals surface area contributed by atoms with Gasteiger partial charge in [-0.15, -0.1) is 0 Å². The van der Waals surface area contributed by atoms with Crippen molar-refractivity contribution >= 4 is 17.6 Å². The smallest absolute Gasteiger partial charge is 0.338 e. The Bertz CT molecular complexity index is 399. The van der Waals surface area contributed by atoms with Crippen LogP contribution >= 0.6 is 0 Å². The molecule has 0 aliphatic heterocycles. The Balaban J connectivity index is 2.68. The van der Waals surface area contributed by atoms with Crippen LogP contribution in [0.1, 0.15) is 24.2 Å². The quantitative estimate of drug-likeness (QED) is 0.763. The molecular weight excluding hydrogens is 222 g/mol. The highest BCUT2D eigenvalue weighted by molar-refractivity contribution is 5.89. The molecule has 5 heteroatoms. The Hall–Kier alpha value is -2.04. The third-order valence-electron chi connectivity index (χ3n) is 2.15. The minimum Gasteiger partial charge on any atom is -0.480 e. The lowest BCUT2D eigenvalue weighted by Crippen LogP contribution is -2.25. The molecule has 0 heterocycles. The van der Waals surface area contributed by atoms with Gasteiger partial charge in [-0.3, -0.25) is 4.79 Å². The first kappa shape index (κ1) is 13.0. The highest BCUT2D eigenvalue weighted by Gasteiger charge is 2.10. The number of hydrogen-bond donors (Lipinski definition) is 2. The van der Waals surface area contributed by atoms with E-state index in [1.54, 1.807) is 38.1 Å². The molecule has 0 aromatic heterocycles. The normalized spacial score (nSPS) is 11.6. The van der Waals surface area contributed by atoms with Gasteiger partial charge in [0, 0.05) is 5.69 Å². The molecule has 1 aromatic carbocycles. The number of ether oxygens (including phenoxy) is 1. The molecule has 17 heavy (non-hydrogen) atoms. The molecule has 1 unspecified atom stereocenters. The number of rotatable bonds is 5. The van der Waals surface area contributed by atoms with Gasteiger partial charge in [0.05, 0.1) is 12.2 Å². The zero-order valence-corrected chi connectivity index (χ0v) is 9.77. The van der Waals surface area contributed by atoms with Crippen LogP contribution in [-0.2, 0) is 9.53 Å². The van der Waals surface area contributed by atoms with Gasteiger partial charge in [-0.25, -0.2) is 4.79 Å². The van der Waals surface area contributed by atoms with E-state index in [-0.39, 0.29) is 5.97 Å². The first-order valence-electron chi connectivity index (χ1n) is 5.31. The van der Waals surface area contributed by atoms with Crippen molar-refractivity contribution in [2.75, 3.05) is 11.9 Å². The van der Waals surface area contributed by atoms with Gasteiger partial charge in [-0.2, -0.15) is 0 Å². The van der Waals surface area contributed by atoms with Gasteiger partial charge in [0.1, 0.15) is 6.04 Å². The lowest BCUT2D eigenvalue weighted by atomic mass is 10.2. The van der Waals surface area contributed by atoms with Crippen molar-refractivity contribution in [2.45, 2.75) is 19.9 Å². The number of hydrogen-bond acceptors (Lipinski definition) is 4. The average molecular weight is 237 g/mol. The first-order chi connectivity index (χ1) is 8.04. The van der Waals surface area contributed by atoms with Gasteiger partial charge >= 0.3 is 11.9 Å². The fourth-order valence-corrected chi connectivity index (χ4v) is 1.23. The summed E-state index contributed by atoms with van der Waals surface area (Å²) in [4.78, 5) is 22.0. The largest absolute Gasteiger partial charge is 0.480 e. The fourth-order valence-electron chi connectivity index (χ4n) is 1.23. The Labute approximate surface area is 99.4 Å². The summed E-state index contributed by atoms with van der Waals surface area (Å²) < 4.78 is 4.83. The van der Waals surface area contributed by atoms with Gasteiger partial charge in [-0.05, 0) is 38.1 Å². The van der Waals surface area contributed by atoms with Crippen LogP contribution in [0.3, 0.4) is 0 Å². The van der Waals surface area contributed by atoms with Crippen LogP contribution in [0.15, 0.2) is 24.3 Å². The molecule has 0 spiro atoms. The van der Waals surface area contributed by atoms with Crippen molar-refractivity contribution in [3.8, 4) is 0 Å². The van der Waals surface area contributed by atoms with Crippen LogP contribution in [0.4, 0.5) is 5.69 Å². The highest BCUT2D eigenvalue weighted by Crippen LogP contribution is 2.11. The summed E-state index contributed by atoms with van der Waals surface area (Å²) in [5.74, 6) is -1.31. The maximum absolute atomic E-state index is 11.3. The average Bonchev–Trinajstić information content (AvgIpc) is 2.30. The van der Waals surface area contributed by atoms with E-state index < -0.39 is 12.0 Å². The Morgan fingerprint density at radius 2 is 1.94 bits per heavy atom. The third-order valence-corrected chi connectivity index (χ3v) is 2.15. The van der Waals surface area contributed by atoms with Crippen LogP contribution in [0.25, 0.3) is 0 Å². The molecule has 0 radical (unpaired) electrons. The SMILES string of the molecule is CCOC(=O)c1ccc(NC(C)C(=O)O)cc1. The number of esters is 1. The van der Waals surface area contributed by atoms with E-state index in [0.29, 0.717) is 17.9 Å². The van der Waals surface area contributed by atoms with Crippen molar-refractivity contribution < 1.29 is 19.4 Å². The molecule has 92 valence electrons. The second kappa shape index (κ2) is 5.89. The second-order valence-electron chi connectivity index (χ2n) is 3.50. The summed E-state index contributed by atoms with van der Waals surface area (Å²) in [5.41, 5.74) is 1.09. The Kier molecular flexibility index (Phi) is 4.51. The predicted octanol–water partition coefficient (Wildman–Crippen LogP) is 1.75. The number of carboxylic acids is 1. The van der Waals surface area contributed by atoms with E-state index in [1.165, 1.54) is 0 Å². The van der Waals surface area contributed by atoms with Gasteiger partial charge in [0.2, 0.25) is 0 Å². The van der Waals surface area contributed by atoms with E-state index in [4.69, 9.17) is 9.84 Å². The van der Waals surface area contributed by atoms with Crippen LogP contribution in [-0.4, -0.2) is 29.7 Å².